The van der Waals surface area contributed by atoms with Crippen LogP contribution >= 0.6 is 24.2 Å². The summed E-state index contributed by atoms with van der Waals surface area (Å²) in [6.07, 6.45) is 0. The molecule has 24 heavy (non-hydrogen) atoms. The summed E-state index contributed by atoms with van der Waals surface area (Å²) in [5.74, 6) is -0.672. The molecule has 1 heterocycles. The summed E-state index contributed by atoms with van der Waals surface area (Å²) in [5, 5.41) is 14.3. The first-order valence-corrected chi connectivity index (χ1v) is 8.10. The number of nitrogens with zero attached hydrogens (tertiary/aromatic N) is 2. The van der Waals surface area contributed by atoms with E-state index in [2.05, 4.69) is 5.32 Å². The maximum absolute atomic E-state index is 12.3. The Kier molecular flexibility index (Phi) is 7.46. The summed E-state index contributed by atoms with van der Waals surface area (Å²) in [7, 11) is 0. The lowest BCUT2D eigenvalue weighted by Gasteiger charge is -2.33. The molecule has 1 aliphatic heterocycles. The van der Waals surface area contributed by atoms with Gasteiger partial charge in [-0.1, -0.05) is 0 Å². The Morgan fingerprint density at radius 2 is 2.21 bits per heavy atom. The van der Waals surface area contributed by atoms with Crippen LogP contribution < -0.4 is 11.1 Å². The van der Waals surface area contributed by atoms with E-state index < -0.39 is 10.8 Å². The first-order valence-electron chi connectivity index (χ1n) is 7.11. The lowest BCUT2D eigenvalue weighted by molar-refractivity contribution is -0.387. The number of primary amides is 1. The van der Waals surface area contributed by atoms with Gasteiger partial charge in [-0.3, -0.25) is 19.7 Å². The van der Waals surface area contributed by atoms with Gasteiger partial charge in [0.05, 0.1) is 15.6 Å². The van der Waals surface area contributed by atoms with Crippen molar-refractivity contribution < 1.29 is 14.5 Å². The summed E-state index contributed by atoms with van der Waals surface area (Å²) < 4.78 is 0. The standard InChI is InChI=1S/C14H18N4O4S.ClH/c1-9-7-16-4-5-17(9)13(19)8-23-12-3-2-10(14(15)20)6-11(12)18(21)22;/h2-3,6,9,16H,4-5,7-8H2,1H3,(H2,15,20);1H/t9-;/m0./s1. The normalized spacial score (nSPS) is 17.0. The van der Waals surface area contributed by atoms with Crippen LogP contribution in [-0.2, 0) is 4.79 Å². The highest BCUT2D eigenvalue weighted by molar-refractivity contribution is 8.00. The highest BCUT2D eigenvalue weighted by Crippen LogP contribution is 2.30. The molecule has 1 aromatic rings. The number of amides is 2. The minimum Gasteiger partial charge on any atom is -0.366 e. The zero-order valence-electron chi connectivity index (χ0n) is 13.1. The molecule has 0 aliphatic carbocycles. The van der Waals surface area contributed by atoms with Gasteiger partial charge in [0.15, 0.2) is 0 Å². The maximum Gasteiger partial charge on any atom is 0.283 e. The first kappa shape index (κ1) is 20.2. The third-order valence-electron chi connectivity index (χ3n) is 3.61. The van der Waals surface area contributed by atoms with Crippen molar-refractivity contribution >= 4 is 41.7 Å². The Hall–Kier alpha value is -1.84. The Balaban J connectivity index is 0.00000288. The molecule has 1 atom stereocenters. The van der Waals surface area contributed by atoms with Gasteiger partial charge in [0.25, 0.3) is 5.69 Å². The van der Waals surface area contributed by atoms with E-state index in [-0.39, 0.29) is 41.4 Å². The van der Waals surface area contributed by atoms with Gasteiger partial charge >= 0.3 is 0 Å². The van der Waals surface area contributed by atoms with Crippen LogP contribution in [0.1, 0.15) is 17.3 Å². The number of thioether (sulfide) groups is 1. The number of rotatable bonds is 5. The fraction of sp³-hybridized carbons (Fsp3) is 0.429. The van der Waals surface area contributed by atoms with Gasteiger partial charge in [-0.25, -0.2) is 0 Å². The number of hydrogen-bond donors (Lipinski definition) is 2. The highest BCUT2D eigenvalue weighted by Gasteiger charge is 2.24. The zero-order chi connectivity index (χ0) is 17.0. The average molecular weight is 375 g/mol. The molecular weight excluding hydrogens is 356 g/mol. The number of halogens is 1. The Morgan fingerprint density at radius 3 is 2.79 bits per heavy atom. The van der Waals surface area contributed by atoms with Gasteiger partial charge in [-0.05, 0) is 19.1 Å². The summed E-state index contributed by atoms with van der Waals surface area (Å²) in [5.41, 5.74) is 4.99. The molecule has 0 unspecified atom stereocenters. The molecule has 1 saturated heterocycles. The van der Waals surface area contributed by atoms with E-state index in [0.717, 1.165) is 30.9 Å². The number of carbonyl (C=O) groups is 2. The number of hydrogen-bond acceptors (Lipinski definition) is 6. The van der Waals surface area contributed by atoms with E-state index >= 15 is 0 Å². The van der Waals surface area contributed by atoms with Gasteiger partial charge in [-0.15, -0.1) is 24.2 Å². The van der Waals surface area contributed by atoms with Crippen molar-refractivity contribution in [3.63, 3.8) is 0 Å². The molecule has 3 N–H and O–H groups in total. The maximum atomic E-state index is 12.3. The summed E-state index contributed by atoms with van der Waals surface area (Å²) in [4.78, 5) is 36.1. The lowest BCUT2D eigenvalue weighted by Crippen LogP contribution is -2.52. The van der Waals surface area contributed by atoms with Crippen LogP contribution in [0.3, 0.4) is 0 Å². The Labute approximate surface area is 149 Å². The molecule has 0 aromatic heterocycles. The van der Waals surface area contributed by atoms with E-state index in [9.17, 15) is 19.7 Å². The van der Waals surface area contributed by atoms with Gasteiger partial charge in [0.2, 0.25) is 11.8 Å². The minimum absolute atomic E-state index is 0. The fourth-order valence-corrected chi connectivity index (χ4v) is 3.26. The van der Waals surface area contributed by atoms with Crippen molar-refractivity contribution in [1.82, 2.24) is 10.2 Å². The van der Waals surface area contributed by atoms with Crippen LogP contribution in [0.4, 0.5) is 5.69 Å². The van der Waals surface area contributed by atoms with Crippen LogP contribution in [0.15, 0.2) is 23.1 Å². The van der Waals surface area contributed by atoms with Crippen molar-refractivity contribution in [1.29, 1.82) is 0 Å². The molecule has 0 radical (unpaired) electrons. The third kappa shape index (κ3) is 4.83. The topological polar surface area (TPSA) is 119 Å². The van der Waals surface area contributed by atoms with Crippen LogP contribution in [0.25, 0.3) is 0 Å². The van der Waals surface area contributed by atoms with E-state index in [1.54, 1.807) is 4.90 Å². The van der Waals surface area contributed by atoms with Crippen molar-refractivity contribution in [2.45, 2.75) is 17.9 Å². The minimum atomic E-state index is -0.727. The van der Waals surface area contributed by atoms with Crippen molar-refractivity contribution in [2.75, 3.05) is 25.4 Å². The number of nitro benzene ring substituents is 1. The van der Waals surface area contributed by atoms with Gasteiger partial charge < -0.3 is 16.0 Å². The smallest absolute Gasteiger partial charge is 0.283 e. The van der Waals surface area contributed by atoms with Crippen molar-refractivity contribution in [3.05, 3.63) is 33.9 Å². The predicted molar refractivity (Wildman–Crippen MR) is 93.6 cm³/mol. The zero-order valence-corrected chi connectivity index (χ0v) is 14.7. The molecule has 8 nitrogen and oxygen atoms in total. The van der Waals surface area contributed by atoms with Crippen LogP contribution in [0, 0.1) is 10.1 Å². The fourth-order valence-electron chi connectivity index (χ4n) is 2.37. The van der Waals surface area contributed by atoms with E-state index in [4.69, 9.17) is 5.73 Å². The number of nitrogens with one attached hydrogen (secondary N) is 1. The average Bonchev–Trinajstić information content (AvgIpc) is 2.52. The quantitative estimate of drug-likeness (QED) is 0.451. The van der Waals surface area contributed by atoms with Crippen LogP contribution in [0.2, 0.25) is 0 Å². The van der Waals surface area contributed by atoms with E-state index in [1.165, 1.54) is 12.1 Å². The molecule has 1 aromatic carbocycles. The second-order valence-electron chi connectivity index (χ2n) is 5.23. The van der Waals surface area contributed by atoms with Crippen LogP contribution in [-0.4, -0.2) is 53.1 Å². The summed E-state index contributed by atoms with van der Waals surface area (Å²) in [6.45, 7) is 4.07. The molecular formula is C14H19ClN4O4S. The molecule has 0 bridgehead atoms. The number of piperazine rings is 1. The predicted octanol–water partition coefficient (Wildman–Crippen LogP) is 1.03. The number of benzene rings is 1. The van der Waals surface area contributed by atoms with Gasteiger partial charge in [0.1, 0.15) is 0 Å². The lowest BCUT2D eigenvalue weighted by atomic mass is 10.2. The van der Waals surface area contributed by atoms with Crippen molar-refractivity contribution in [3.8, 4) is 0 Å². The third-order valence-corrected chi connectivity index (χ3v) is 4.66. The molecule has 2 amide bonds. The van der Waals surface area contributed by atoms with Crippen molar-refractivity contribution in [2.24, 2.45) is 5.73 Å². The molecule has 10 heteroatoms. The molecule has 132 valence electrons. The van der Waals surface area contributed by atoms with Gasteiger partial charge in [-0.2, -0.15) is 0 Å². The number of carbonyl (C=O) groups excluding carboxylic acids is 2. The Bertz CT molecular complexity index is 643. The largest absolute Gasteiger partial charge is 0.366 e. The van der Waals surface area contributed by atoms with E-state index in [1.807, 2.05) is 6.92 Å². The molecule has 1 fully saturated rings. The molecule has 0 spiro atoms. The first-order chi connectivity index (χ1) is 10.9. The summed E-state index contributed by atoms with van der Waals surface area (Å²) >= 11 is 1.09. The molecule has 1 aliphatic rings. The summed E-state index contributed by atoms with van der Waals surface area (Å²) in [6, 6.07) is 4.12. The van der Waals surface area contributed by atoms with Gasteiger partial charge in [0, 0.05) is 37.3 Å². The number of nitro groups is 1. The molecule has 2 rings (SSSR count). The Morgan fingerprint density at radius 1 is 1.50 bits per heavy atom. The second-order valence-corrected chi connectivity index (χ2v) is 6.25. The SMILES string of the molecule is C[C@H]1CNCCN1C(=O)CSc1ccc(C(N)=O)cc1[N+](=O)[O-].Cl. The monoisotopic (exact) mass is 374 g/mol. The van der Waals surface area contributed by atoms with E-state index in [0.29, 0.717) is 11.4 Å². The number of nitrogens with two attached hydrogens (primary N) is 1. The second kappa shape index (κ2) is 8.86. The van der Waals surface area contributed by atoms with Crippen LogP contribution in [0.5, 0.6) is 0 Å². The molecule has 0 saturated carbocycles. The highest BCUT2D eigenvalue weighted by atomic mass is 35.5.